The molecule has 3 aliphatic rings. The first kappa shape index (κ1) is 27.9. The van der Waals surface area contributed by atoms with E-state index in [0.29, 0.717) is 18.5 Å². The van der Waals surface area contributed by atoms with E-state index in [1.165, 1.54) is 11.1 Å². The van der Waals surface area contributed by atoms with Crippen molar-refractivity contribution >= 4 is 17.7 Å². The highest BCUT2D eigenvalue weighted by atomic mass is 16.5. The van der Waals surface area contributed by atoms with Crippen molar-refractivity contribution in [2.75, 3.05) is 40.4 Å². The quantitative estimate of drug-likeness (QED) is 0.417. The van der Waals surface area contributed by atoms with Crippen LogP contribution in [-0.2, 0) is 22.7 Å². The van der Waals surface area contributed by atoms with E-state index in [2.05, 4.69) is 45.4 Å². The fourth-order valence-electron chi connectivity index (χ4n) is 6.35. The molecule has 0 aromatic heterocycles. The Kier molecular flexibility index (Phi) is 7.95. The van der Waals surface area contributed by atoms with Gasteiger partial charge in [0.1, 0.15) is 17.5 Å². The zero-order valence-electron chi connectivity index (χ0n) is 24.0. The number of fused-ring (bicyclic) bond motifs is 1. The Morgan fingerprint density at radius 3 is 2.02 bits per heavy atom. The number of piperazine rings is 1. The molecule has 6 rings (SSSR count). The number of ether oxygens (including phenoxy) is 2. The number of hydrogen-bond donors (Lipinski definition) is 1. The maximum atomic E-state index is 13.1. The molecule has 3 heterocycles. The fourth-order valence-corrected chi connectivity index (χ4v) is 6.35. The molecular formula is C33H36N4O5. The van der Waals surface area contributed by atoms with Gasteiger partial charge in [0.15, 0.2) is 0 Å². The Morgan fingerprint density at radius 1 is 0.833 bits per heavy atom. The van der Waals surface area contributed by atoms with E-state index in [0.717, 1.165) is 55.3 Å². The van der Waals surface area contributed by atoms with Crippen molar-refractivity contribution in [2.45, 2.75) is 38.0 Å². The zero-order valence-corrected chi connectivity index (χ0v) is 24.0. The Morgan fingerprint density at radius 2 is 1.45 bits per heavy atom. The lowest BCUT2D eigenvalue weighted by molar-refractivity contribution is -0.136. The number of hydrogen-bond acceptors (Lipinski definition) is 7. The summed E-state index contributed by atoms with van der Waals surface area (Å²) in [4.78, 5) is 43.6. The van der Waals surface area contributed by atoms with Crippen LogP contribution in [0.25, 0.3) is 0 Å². The van der Waals surface area contributed by atoms with Gasteiger partial charge in [-0.3, -0.25) is 29.5 Å². The van der Waals surface area contributed by atoms with E-state index in [1.807, 2.05) is 36.4 Å². The summed E-state index contributed by atoms with van der Waals surface area (Å²) >= 11 is 0. The number of benzene rings is 3. The van der Waals surface area contributed by atoms with Crippen molar-refractivity contribution in [3.05, 3.63) is 94.5 Å². The molecule has 3 amide bonds. The average molecular weight is 569 g/mol. The lowest BCUT2D eigenvalue weighted by Gasteiger charge is -2.40. The molecule has 3 aromatic rings. The van der Waals surface area contributed by atoms with Gasteiger partial charge in [-0.1, -0.05) is 36.4 Å². The molecule has 42 heavy (non-hydrogen) atoms. The Balaban J connectivity index is 1.12. The van der Waals surface area contributed by atoms with Gasteiger partial charge in [-0.05, 0) is 59.0 Å². The minimum Gasteiger partial charge on any atom is -0.497 e. The molecule has 3 aromatic carbocycles. The standard InChI is InChI=1S/C33H36N4O5/c1-41-26-8-4-23(5-9-26)31(24-6-10-27(42-2)11-7-24)36-17-15-35(16-18-36)20-22-3-12-28-25(19-22)21-37(33(28)40)29-13-14-30(38)34-32(29)39/h3-12,19,29,31H,13-18,20-21H2,1-2H3,(H,34,38,39). The van der Waals surface area contributed by atoms with Gasteiger partial charge < -0.3 is 14.4 Å². The summed E-state index contributed by atoms with van der Waals surface area (Å²) in [6.07, 6.45) is 0.626. The van der Waals surface area contributed by atoms with Crippen LogP contribution >= 0.6 is 0 Å². The maximum Gasteiger partial charge on any atom is 0.255 e. The van der Waals surface area contributed by atoms with E-state index in [1.54, 1.807) is 19.1 Å². The van der Waals surface area contributed by atoms with Gasteiger partial charge in [0.2, 0.25) is 11.8 Å². The molecule has 1 N–H and O–H groups in total. The molecule has 9 heteroatoms. The number of imide groups is 1. The molecule has 0 bridgehead atoms. The SMILES string of the molecule is COc1ccc(C(c2ccc(OC)cc2)N2CCN(Cc3ccc4c(c3)CN(C3CCC(=O)NC3=O)C4=O)CC2)cc1. The second kappa shape index (κ2) is 12.0. The van der Waals surface area contributed by atoms with E-state index in [4.69, 9.17) is 9.47 Å². The molecule has 218 valence electrons. The Labute approximate surface area is 246 Å². The predicted molar refractivity (Wildman–Crippen MR) is 157 cm³/mol. The highest BCUT2D eigenvalue weighted by molar-refractivity contribution is 6.05. The first-order valence-electron chi connectivity index (χ1n) is 14.4. The normalized spacial score (nSPS) is 19.6. The third-order valence-electron chi connectivity index (χ3n) is 8.63. The van der Waals surface area contributed by atoms with E-state index < -0.39 is 6.04 Å². The molecular weight excluding hydrogens is 532 g/mol. The summed E-state index contributed by atoms with van der Waals surface area (Å²) in [6, 6.07) is 22.2. The van der Waals surface area contributed by atoms with Gasteiger partial charge in [-0.2, -0.15) is 0 Å². The highest BCUT2D eigenvalue weighted by Gasteiger charge is 2.39. The molecule has 1 atom stereocenters. The molecule has 3 aliphatic heterocycles. The second-order valence-corrected chi connectivity index (χ2v) is 11.2. The molecule has 0 aliphatic carbocycles. The third-order valence-corrected chi connectivity index (χ3v) is 8.63. The number of amides is 3. The van der Waals surface area contributed by atoms with Crippen LogP contribution in [0.5, 0.6) is 11.5 Å². The summed E-state index contributed by atoms with van der Waals surface area (Å²) in [5.74, 6) is 0.889. The summed E-state index contributed by atoms with van der Waals surface area (Å²) in [5.41, 5.74) is 5.19. The lowest BCUT2D eigenvalue weighted by Crippen LogP contribution is -2.52. The number of nitrogens with one attached hydrogen (secondary N) is 1. The molecule has 0 saturated carbocycles. The van der Waals surface area contributed by atoms with E-state index in [-0.39, 0.29) is 30.2 Å². The van der Waals surface area contributed by atoms with Crippen LogP contribution in [-0.4, -0.2) is 78.9 Å². The van der Waals surface area contributed by atoms with Crippen LogP contribution in [0.2, 0.25) is 0 Å². The van der Waals surface area contributed by atoms with Gasteiger partial charge in [0.05, 0.1) is 20.3 Å². The number of carbonyl (C=O) groups is 3. The summed E-state index contributed by atoms with van der Waals surface area (Å²) in [5, 5.41) is 2.37. The summed E-state index contributed by atoms with van der Waals surface area (Å²) in [6.45, 7) is 4.85. The van der Waals surface area contributed by atoms with Crippen LogP contribution in [0, 0.1) is 0 Å². The largest absolute Gasteiger partial charge is 0.497 e. The lowest BCUT2D eigenvalue weighted by atomic mass is 9.96. The van der Waals surface area contributed by atoms with Crippen LogP contribution in [0.4, 0.5) is 0 Å². The number of piperidine rings is 1. The Bertz CT molecular complexity index is 1420. The maximum absolute atomic E-state index is 13.1. The minimum atomic E-state index is -0.594. The van der Waals surface area contributed by atoms with Crippen LogP contribution < -0.4 is 14.8 Å². The number of carbonyl (C=O) groups excluding carboxylic acids is 3. The fraction of sp³-hybridized carbons (Fsp3) is 0.364. The van der Waals surface area contributed by atoms with Crippen molar-refractivity contribution in [1.29, 1.82) is 0 Å². The predicted octanol–water partition coefficient (Wildman–Crippen LogP) is 3.37. The second-order valence-electron chi connectivity index (χ2n) is 11.2. The first-order valence-corrected chi connectivity index (χ1v) is 14.4. The van der Waals surface area contributed by atoms with Gasteiger partial charge >= 0.3 is 0 Å². The van der Waals surface area contributed by atoms with Gasteiger partial charge in [-0.25, -0.2) is 0 Å². The van der Waals surface area contributed by atoms with Crippen molar-refractivity contribution in [3.8, 4) is 11.5 Å². The van der Waals surface area contributed by atoms with Crippen molar-refractivity contribution < 1.29 is 23.9 Å². The van der Waals surface area contributed by atoms with Crippen LogP contribution in [0.3, 0.4) is 0 Å². The smallest absolute Gasteiger partial charge is 0.255 e. The molecule has 2 fully saturated rings. The molecule has 2 saturated heterocycles. The van der Waals surface area contributed by atoms with Crippen molar-refractivity contribution in [3.63, 3.8) is 0 Å². The minimum absolute atomic E-state index is 0.119. The monoisotopic (exact) mass is 568 g/mol. The number of rotatable bonds is 8. The third kappa shape index (κ3) is 5.62. The molecule has 0 spiro atoms. The van der Waals surface area contributed by atoms with Gasteiger partial charge in [0, 0.05) is 51.3 Å². The van der Waals surface area contributed by atoms with Crippen molar-refractivity contribution in [2.24, 2.45) is 0 Å². The van der Waals surface area contributed by atoms with Crippen molar-refractivity contribution in [1.82, 2.24) is 20.0 Å². The van der Waals surface area contributed by atoms with Gasteiger partial charge in [-0.15, -0.1) is 0 Å². The van der Waals surface area contributed by atoms with Crippen LogP contribution in [0.15, 0.2) is 66.7 Å². The molecule has 9 nitrogen and oxygen atoms in total. The molecule has 1 unspecified atom stereocenters. The van der Waals surface area contributed by atoms with E-state index in [9.17, 15) is 14.4 Å². The molecule has 0 radical (unpaired) electrons. The average Bonchev–Trinajstić information content (AvgIpc) is 3.34. The van der Waals surface area contributed by atoms with Crippen LogP contribution in [0.1, 0.15) is 51.5 Å². The zero-order chi connectivity index (χ0) is 29.2. The number of nitrogens with zero attached hydrogens (tertiary/aromatic N) is 3. The van der Waals surface area contributed by atoms with E-state index >= 15 is 0 Å². The highest BCUT2D eigenvalue weighted by Crippen LogP contribution is 2.33. The Hall–Kier alpha value is -4.21. The topological polar surface area (TPSA) is 91.4 Å². The number of methoxy groups -OCH3 is 2. The first-order chi connectivity index (χ1) is 20.4. The summed E-state index contributed by atoms with van der Waals surface area (Å²) in [7, 11) is 3.37. The van der Waals surface area contributed by atoms with Gasteiger partial charge in [0.25, 0.3) is 5.91 Å². The summed E-state index contributed by atoms with van der Waals surface area (Å²) < 4.78 is 10.8.